The van der Waals surface area contributed by atoms with Gasteiger partial charge in [-0.2, -0.15) is 9.78 Å². The fraction of sp³-hybridized carbons (Fsp3) is 0.241. The van der Waals surface area contributed by atoms with Crippen LogP contribution in [0.1, 0.15) is 43.4 Å². The van der Waals surface area contributed by atoms with Crippen LogP contribution in [-0.4, -0.2) is 35.0 Å². The maximum absolute atomic E-state index is 13.6. The summed E-state index contributed by atoms with van der Waals surface area (Å²) in [6, 6.07) is 18.2. The zero-order valence-electron chi connectivity index (χ0n) is 21.4. The number of hydrogen-bond donors (Lipinski definition) is 1. The molecule has 8 heteroatoms. The van der Waals surface area contributed by atoms with Gasteiger partial charge in [-0.3, -0.25) is 9.59 Å². The highest BCUT2D eigenvalue weighted by Crippen LogP contribution is 2.34. The molecule has 0 aliphatic heterocycles. The van der Waals surface area contributed by atoms with Crippen molar-refractivity contribution >= 4 is 23.0 Å². The summed E-state index contributed by atoms with van der Waals surface area (Å²) in [5.74, 6) is 1.44. The van der Waals surface area contributed by atoms with E-state index in [2.05, 4.69) is 18.9 Å². The van der Waals surface area contributed by atoms with Crippen LogP contribution in [0.5, 0.6) is 11.5 Å². The molecular weight excluding hydrogens is 468 g/mol. The Balaban J connectivity index is 1.84. The summed E-state index contributed by atoms with van der Waals surface area (Å²) in [5, 5.41) is 5.03. The minimum atomic E-state index is -0.549. The monoisotopic (exact) mass is 498 g/mol. The van der Waals surface area contributed by atoms with Gasteiger partial charge in [-0.25, -0.2) is 4.98 Å². The molecule has 4 aromatic rings. The first kappa shape index (κ1) is 25.6. The zero-order valence-corrected chi connectivity index (χ0v) is 21.4. The topological polar surface area (TPSA) is 109 Å². The number of nitrogens with two attached hydrogens (primary N) is 1. The van der Waals surface area contributed by atoms with Gasteiger partial charge in [0, 0.05) is 5.56 Å². The highest BCUT2D eigenvalue weighted by atomic mass is 16.5. The molecule has 0 atom stereocenters. The number of amides is 1. The summed E-state index contributed by atoms with van der Waals surface area (Å²) in [6.07, 6.45) is 1.59. The molecule has 0 bridgehead atoms. The Kier molecular flexibility index (Phi) is 7.67. The normalized spacial score (nSPS) is 11.4. The van der Waals surface area contributed by atoms with Crippen molar-refractivity contribution in [2.45, 2.75) is 33.6 Å². The van der Waals surface area contributed by atoms with Crippen LogP contribution >= 0.6 is 0 Å². The second-order valence-electron chi connectivity index (χ2n) is 8.93. The number of ether oxygens (including phenoxy) is 2. The van der Waals surface area contributed by atoms with E-state index in [9.17, 15) is 9.59 Å². The Morgan fingerprint density at radius 1 is 1.11 bits per heavy atom. The van der Waals surface area contributed by atoms with Gasteiger partial charge in [0.1, 0.15) is 11.5 Å². The van der Waals surface area contributed by atoms with E-state index in [1.807, 2.05) is 44.2 Å². The van der Waals surface area contributed by atoms with E-state index in [1.165, 1.54) is 4.68 Å². The highest BCUT2D eigenvalue weighted by Gasteiger charge is 2.18. The molecule has 0 saturated heterocycles. The molecule has 0 aliphatic carbocycles. The van der Waals surface area contributed by atoms with E-state index in [0.29, 0.717) is 29.1 Å². The molecule has 1 amide bonds. The summed E-state index contributed by atoms with van der Waals surface area (Å²) >= 11 is 0. The van der Waals surface area contributed by atoms with E-state index in [4.69, 9.17) is 20.2 Å². The van der Waals surface area contributed by atoms with Gasteiger partial charge < -0.3 is 15.2 Å². The average molecular weight is 499 g/mol. The van der Waals surface area contributed by atoms with Gasteiger partial charge in [0.15, 0.2) is 12.4 Å². The number of benzene rings is 3. The first-order valence-corrected chi connectivity index (χ1v) is 12.1. The summed E-state index contributed by atoms with van der Waals surface area (Å²) in [7, 11) is 0. The number of aromatic nitrogens is 2. The number of fused-ring (bicyclic) bond motifs is 1. The smallest absolute Gasteiger partial charge is 0.282 e. The van der Waals surface area contributed by atoms with Gasteiger partial charge in [0.05, 0.1) is 23.7 Å². The zero-order chi connectivity index (χ0) is 26.5. The highest BCUT2D eigenvalue weighted by molar-refractivity contribution is 5.82. The predicted molar refractivity (Wildman–Crippen MR) is 146 cm³/mol. The molecule has 3 aromatic carbocycles. The second kappa shape index (κ2) is 11.1. The van der Waals surface area contributed by atoms with Crippen LogP contribution < -0.4 is 20.8 Å². The molecule has 4 rings (SSSR count). The molecule has 1 heterocycles. The average Bonchev–Trinajstić information content (AvgIpc) is 2.87. The molecule has 0 saturated carbocycles. The van der Waals surface area contributed by atoms with Gasteiger partial charge in [0.25, 0.3) is 11.5 Å². The van der Waals surface area contributed by atoms with Crippen LogP contribution in [0.3, 0.4) is 0 Å². The molecule has 190 valence electrons. The summed E-state index contributed by atoms with van der Waals surface area (Å²) in [6.45, 7) is 8.51. The summed E-state index contributed by atoms with van der Waals surface area (Å²) in [4.78, 5) is 29.4. The van der Waals surface area contributed by atoms with Crippen LogP contribution in [0, 0.1) is 6.92 Å². The molecule has 0 aliphatic rings. The third-order valence-corrected chi connectivity index (χ3v) is 5.86. The SMILES string of the molecule is CCOc1cc(C)c(-c2nc3ccccc3c(=O)n2N=Cc2ccc(OCC(N)=O)cc2)cc1C(C)C. The number of carbonyl (C=O) groups is 1. The fourth-order valence-electron chi connectivity index (χ4n) is 4.00. The van der Waals surface area contributed by atoms with Gasteiger partial charge in [-0.1, -0.05) is 26.0 Å². The van der Waals surface area contributed by atoms with Crippen molar-refractivity contribution < 1.29 is 14.3 Å². The standard InChI is InChI=1S/C29H30N4O4/c1-5-36-26-14-19(4)24(15-23(26)18(2)3)28-32-25-9-7-6-8-22(25)29(35)33(28)31-16-20-10-12-21(13-11-20)37-17-27(30)34/h6-16,18H,5,17H2,1-4H3,(H2,30,34). The Morgan fingerprint density at radius 2 is 1.84 bits per heavy atom. The van der Waals surface area contributed by atoms with Crippen LogP contribution in [0.2, 0.25) is 0 Å². The van der Waals surface area contributed by atoms with Crippen LogP contribution in [-0.2, 0) is 4.79 Å². The number of rotatable bonds is 9. The van der Waals surface area contributed by atoms with Gasteiger partial charge >= 0.3 is 0 Å². The molecule has 2 N–H and O–H groups in total. The largest absolute Gasteiger partial charge is 0.494 e. The van der Waals surface area contributed by atoms with Crippen molar-refractivity contribution in [2.75, 3.05) is 13.2 Å². The maximum Gasteiger partial charge on any atom is 0.282 e. The Morgan fingerprint density at radius 3 is 2.51 bits per heavy atom. The minimum Gasteiger partial charge on any atom is -0.494 e. The van der Waals surface area contributed by atoms with Gasteiger partial charge in [0.2, 0.25) is 0 Å². The van der Waals surface area contributed by atoms with Crippen molar-refractivity contribution in [3.63, 3.8) is 0 Å². The summed E-state index contributed by atoms with van der Waals surface area (Å²) < 4.78 is 12.5. The number of hydrogen-bond acceptors (Lipinski definition) is 6. The molecule has 0 radical (unpaired) electrons. The lowest BCUT2D eigenvalue weighted by atomic mass is 9.96. The first-order valence-electron chi connectivity index (χ1n) is 12.1. The number of carbonyl (C=O) groups excluding carboxylic acids is 1. The Bertz CT molecular complexity index is 1520. The van der Waals surface area contributed by atoms with E-state index in [1.54, 1.807) is 36.5 Å². The lowest BCUT2D eigenvalue weighted by molar-refractivity contribution is -0.119. The van der Waals surface area contributed by atoms with Crippen molar-refractivity contribution in [3.05, 3.63) is 87.7 Å². The first-order chi connectivity index (χ1) is 17.8. The molecule has 1 aromatic heterocycles. The Hall–Kier alpha value is -4.46. The van der Waals surface area contributed by atoms with Crippen LogP contribution in [0.25, 0.3) is 22.3 Å². The molecule has 0 fully saturated rings. The Labute approximate surface area is 215 Å². The quantitative estimate of drug-likeness (QED) is 0.338. The van der Waals surface area contributed by atoms with E-state index >= 15 is 0 Å². The van der Waals surface area contributed by atoms with Crippen LogP contribution in [0.4, 0.5) is 0 Å². The summed E-state index contributed by atoms with van der Waals surface area (Å²) in [5.41, 5.74) is 8.97. The van der Waals surface area contributed by atoms with Gasteiger partial charge in [-0.05, 0) is 85.0 Å². The number of para-hydroxylation sites is 1. The molecule has 0 spiro atoms. The van der Waals surface area contributed by atoms with Crippen molar-refractivity contribution in [3.8, 4) is 22.9 Å². The van der Waals surface area contributed by atoms with E-state index in [-0.39, 0.29) is 18.1 Å². The molecule has 37 heavy (non-hydrogen) atoms. The van der Waals surface area contributed by atoms with Crippen molar-refractivity contribution in [2.24, 2.45) is 10.8 Å². The van der Waals surface area contributed by atoms with Gasteiger partial charge in [-0.15, -0.1) is 0 Å². The van der Waals surface area contributed by atoms with Crippen molar-refractivity contribution in [1.29, 1.82) is 0 Å². The van der Waals surface area contributed by atoms with Crippen LogP contribution in [0.15, 0.2) is 70.6 Å². The third kappa shape index (κ3) is 5.69. The fourth-order valence-corrected chi connectivity index (χ4v) is 4.00. The molecule has 8 nitrogen and oxygen atoms in total. The maximum atomic E-state index is 13.6. The third-order valence-electron chi connectivity index (χ3n) is 5.86. The van der Waals surface area contributed by atoms with E-state index < -0.39 is 5.91 Å². The molecule has 0 unspecified atom stereocenters. The minimum absolute atomic E-state index is 0.200. The second-order valence-corrected chi connectivity index (χ2v) is 8.93. The molecular formula is C29H30N4O4. The van der Waals surface area contributed by atoms with E-state index in [0.717, 1.165) is 28.0 Å². The number of nitrogens with zero attached hydrogens (tertiary/aromatic N) is 3. The van der Waals surface area contributed by atoms with Crippen molar-refractivity contribution in [1.82, 2.24) is 9.66 Å². The number of primary amides is 1. The predicted octanol–water partition coefficient (Wildman–Crippen LogP) is 4.64. The lowest BCUT2D eigenvalue weighted by Crippen LogP contribution is -2.21. The lowest BCUT2D eigenvalue weighted by Gasteiger charge is -2.18. The number of aryl methyl sites for hydroxylation is 1.